The van der Waals surface area contributed by atoms with E-state index in [9.17, 15) is 9.59 Å². The molecule has 0 fully saturated rings. The molecule has 2 N–H and O–H groups in total. The summed E-state index contributed by atoms with van der Waals surface area (Å²) in [6, 6.07) is 10.5. The number of hydrogen-bond acceptors (Lipinski definition) is 6. The first-order valence-corrected chi connectivity index (χ1v) is 10.4. The molecule has 0 radical (unpaired) electrons. The van der Waals surface area contributed by atoms with Gasteiger partial charge in [0.05, 0.1) is 5.69 Å². The van der Waals surface area contributed by atoms with Gasteiger partial charge in [0.2, 0.25) is 5.91 Å². The molecule has 1 aliphatic rings. The van der Waals surface area contributed by atoms with Crippen molar-refractivity contribution in [2.45, 2.75) is 32.1 Å². The summed E-state index contributed by atoms with van der Waals surface area (Å²) in [5.41, 5.74) is 2.72. The predicted octanol–water partition coefficient (Wildman–Crippen LogP) is 4.08. The van der Waals surface area contributed by atoms with Gasteiger partial charge in [-0.15, -0.1) is 22.7 Å². The maximum Gasteiger partial charge on any atom is 0.276 e. The summed E-state index contributed by atoms with van der Waals surface area (Å²) in [5.74, 6) is -0.0214. The van der Waals surface area contributed by atoms with Gasteiger partial charge >= 0.3 is 0 Å². The fraction of sp³-hybridized carbons (Fsp3) is 0.263. The van der Waals surface area contributed by atoms with E-state index in [0.29, 0.717) is 16.2 Å². The molecule has 0 bridgehead atoms. The Balaban J connectivity index is 1.44. The Kier molecular flexibility index (Phi) is 5.00. The third kappa shape index (κ3) is 4.06. The van der Waals surface area contributed by atoms with E-state index in [1.807, 2.05) is 6.07 Å². The minimum absolute atomic E-state index is 0.211. The van der Waals surface area contributed by atoms with Crippen LogP contribution in [0.2, 0.25) is 0 Å². The lowest BCUT2D eigenvalue weighted by molar-refractivity contribution is -0.114. The van der Waals surface area contributed by atoms with Crippen LogP contribution in [0, 0.1) is 0 Å². The summed E-state index contributed by atoms with van der Waals surface area (Å²) in [4.78, 5) is 33.4. The molecule has 1 atom stereocenters. The van der Waals surface area contributed by atoms with Gasteiger partial charge in [-0.1, -0.05) is 30.3 Å². The topological polar surface area (TPSA) is 84.0 Å². The maximum absolute atomic E-state index is 12.4. The van der Waals surface area contributed by atoms with Gasteiger partial charge in [-0.25, -0.2) is 9.97 Å². The van der Waals surface area contributed by atoms with Crippen molar-refractivity contribution < 1.29 is 9.59 Å². The Morgan fingerprint density at radius 1 is 1.11 bits per heavy atom. The molecule has 27 heavy (non-hydrogen) atoms. The second-order valence-electron chi connectivity index (χ2n) is 6.41. The molecule has 3 aromatic rings. The average Bonchev–Trinajstić information content (AvgIpc) is 3.27. The van der Waals surface area contributed by atoms with Crippen molar-refractivity contribution >= 4 is 44.8 Å². The van der Waals surface area contributed by atoms with Crippen LogP contribution < -0.4 is 10.6 Å². The number of aryl methyl sites for hydroxylation is 1. The maximum atomic E-state index is 12.4. The minimum Gasteiger partial charge on any atom is -0.302 e. The van der Waals surface area contributed by atoms with Crippen LogP contribution >= 0.6 is 22.7 Å². The van der Waals surface area contributed by atoms with Crippen LogP contribution in [0.4, 0.5) is 10.3 Å². The lowest BCUT2D eigenvalue weighted by Gasteiger charge is -2.21. The number of carbonyl (C=O) groups is 2. The Bertz CT molecular complexity index is 981. The van der Waals surface area contributed by atoms with E-state index in [1.54, 1.807) is 5.38 Å². The van der Waals surface area contributed by atoms with Crippen LogP contribution in [0.15, 0.2) is 35.7 Å². The number of nitrogens with one attached hydrogen (secondary N) is 2. The highest BCUT2D eigenvalue weighted by Crippen LogP contribution is 2.37. The molecule has 2 amide bonds. The number of aromatic nitrogens is 2. The number of benzene rings is 1. The largest absolute Gasteiger partial charge is 0.302 e. The number of carbonyl (C=O) groups excluding carboxylic acids is 2. The smallest absolute Gasteiger partial charge is 0.276 e. The predicted molar refractivity (Wildman–Crippen MR) is 108 cm³/mol. The molecule has 0 spiro atoms. The summed E-state index contributed by atoms with van der Waals surface area (Å²) >= 11 is 2.76. The highest BCUT2D eigenvalue weighted by atomic mass is 32.1. The van der Waals surface area contributed by atoms with Gasteiger partial charge in [0.1, 0.15) is 5.69 Å². The number of amides is 2. The van der Waals surface area contributed by atoms with E-state index in [1.165, 1.54) is 40.0 Å². The van der Waals surface area contributed by atoms with Gasteiger partial charge in [0, 0.05) is 17.2 Å². The second kappa shape index (κ2) is 7.58. The van der Waals surface area contributed by atoms with E-state index in [0.717, 1.165) is 25.0 Å². The van der Waals surface area contributed by atoms with Gasteiger partial charge in [-0.05, 0) is 30.7 Å². The highest BCUT2D eigenvalue weighted by molar-refractivity contribution is 7.16. The normalized spacial score (nSPS) is 15.8. The zero-order chi connectivity index (χ0) is 18.8. The van der Waals surface area contributed by atoms with Crippen LogP contribution in [-0.2, 0) is 17.6 Å². The van der Waals surface area contributed by atoms with Gasteiger partial charge in [0.15, 0.2) is 10.3 Å². The van der Waals surface area contributed by atoms with Gasteiger partial charge < -0.3 is 5.32 Å². The fourth-order valence-electron chi connectivity index (χ4n) is 3.19. The molecule has 2 heterocycles. The highest BCUT2D eigenvalue weighted by Gasteiger charge is 2.24. The van der Waals surface area contributed by atoms with Crippen LogP contribution in [0.5, 0.6) is 0 Å². The average molecular weight is 399 g/mol. The van der Waals surface area contributed by atoms with Crippen molar-refractivity contribution in [3.8, 4) is 0 Å². The molecule has 4 rings (SSSR count). The Hall–Kier alpha value is -2.58. The molecule has 138 valence electrons. The Morgan fingerprint density at radius 2 is 1.93 bits per heavy atom. The van der Waals surface area contributed by atoms with Gasteiger partial charge in [0.25, 0.3) is 5.91 Å². The summed E-state index contributed by atoms with van der Waals surface area (Å²) in [5, 5.41) is 8.06. The van der Waals surface area contributed by atoms with Crippen LogP contribution in [-0.4, -0.2) is 21.8 Å². The van der Waals surface area contributed by atoms with Crippen molar-refractivity contribution in [1.82, 2.24) is 9.97 Å². The summed E-state index contributed by atoms with van der Waals surface area (Å²) in [6.45, 7) is 1.41. The molecule has 1 unspecified atom stereocenters. The number of hydrogen-bond donors (Lipinski definition) is 2. The van der Waals surface area contributed by atoms with Crippen LogP contribution in [0.25, 0.3) is 0 Å². The fourth-order valence-corrected chi connectivity index (χ4v) is 5.01. The molecule has 0 aliphatic heterocycles. The minimum atomic E-state index is -0.312. The zero-order valence-electron chi connectivity index (χ0n) is 14.7. The lowest BCUT2D eigenvalue weighted by Crippen LogP contribution is -2.13. The lowest BCUT2D eigenvalue weighted by atomic mass is 9.85. The number of thiazole rings is 2. The number of nitrogens with zero attached hydrogens (tertiary/aromatic N) is 2. The van der Waals surface area contributed by atoms with Crippen LogP contribution in [0.1, 0.15) is 45.9 Å². The van der Waals surface area contributed by atoms with Crippen LogP contribution in [0.3, 0.4) is 0 Å². The summed E-state index contributed by atoms with van der Waals surface area (Å²) in [6.07, 6.45) is 2.95. The third-order valence-electron chi connectivity index (χ3n) is 4.45. The van der Waals surface area contributed by atoms with E-state index < -0.39 is 0 Å². The first-order valence-electron chi connectivity index (χ1n) is 8.66. The van der Waals surface area contributed by atoms with Crippen molar-refractivity contribution in [3.63, 3.8) is 0 Å². The molecule has 1 aliphatic carbocycles. The molecule has 8 heteroatoms. The van der Waals surface area contributed by atoms with Crippen molar-refractivity contribution in [1.29, 1.82) is 0 Å². The van der Waals surface area contributed by atoms with Gasteiger partial charge in [-0.2, -0.15) is 0 Å². The summed E-state index contributed by atoms with van der Waals surface area (Å²) in [7, 11) is 0. The second-order valence-corrected chi connectivity index (χ2v) is 8.35. The Morgan fingerprint density at radius 3 is 2.70 bits per heavy atom. The van der Waals surface area contributed by atoms with E-state index >= 15 is 0 Å². The number of rotatable bonds is 4. The molecular formula is C19H18N4O2S2. The molecule has 0 saturated carbocycles. The molecular weight excluding hydrogens is 380 g/mol. The van der Waals surface area contributed by atoms with Crippen molar-refractivity contribution in [2.24, 2.45) is 0 Å². The SMILES string of the molecule is CC(=O)Nc1nc(C(=O)Nc2nc3c(s2)CC(c2ccccc2)CC3)cs1. The number of fused-ring (bicyclic) bond motifs is 1. The zero-order valence-corrected chi connectivity index (χ0v) is 16.3. The molecule has 6 nitrogen and oxygen atoms in total. The Labute approximate surface area is 164 Å². The van der Waals surface area contributed by atoms with E-state index in [4.69, 9.17) is 0 Å². The molecule has 0 saturated heterocycles. The first kappa shape index (κ1) is 17.8. The quantitative estimate of drug-likeness (QED) is 0.693. The van der Waals surface area contributed by atoms with Crippen molar-refractivity contribution in [2.75, 3.05) is 10.6 Å². The third-order valence-corrected chi connectivity index (χ3v) is 6.24. The van der Waals surface area contributed by atoms with Crippen molar-refractivity contribution in [3.05, 3.63) is 57.5 Å². The monoisotopic (exact) mass is 398 g/mol. The molecule has 1 aromatic carbocycles. The summed E-state index contributed by atoms with van der Waals surface area (Å²) < 4.78 is 0. The number of anilines is 2. The van der Waals surface area contributed by atoms with E-state index in [-0.39, 0.29) is 17.5 Å². The standard InChI is InChI=1S/C19H18N4O2S2/c1-11(24)20-18-22-15(10-26-18)17(25)23-19-21-14-8-7-13(9-16(14)27-19)12-5-3-2-4-6-12/h2-6,10,13H,7-9H2,1H3,(H,20,22,24)(H,21,23,25). The van der Waals surface area contributed by atoms with E-state index in [2.05, 4.69) is 44.9 Å². The first-order chi connectivity index (χ1) is 13.1. The molecule has 2 aromatic heterocycles. The van der Waals surface area contributed by atoms with Gasteiger partial charge in [-0.3, -0.25) is 14.9 Å².